The van der Waals surface area contributed by atoms with Crippen molar-refractivity contribution in [3.8, 4) is 11.1 Å². The minimum absolute atomic E-state index is 0.191. The van der Waals surface area contributed by atoms with Gasteiger partial charge in [0.2, 0.25) is 0 Å². The number of anilines is 1. The zero-order valence-electron chi connectivity index (χ0n) is 21.1. The molecule has 1 N–H and O–H groups in total. The number of nitrogens with zero attached hydrogens (tertiary/aromatic N) is 2. The number of hydrogen-bond donors (Lipinski definition) is 1. The Bertz CT molecular complexity index is 1320. The highest BCUT2D eigenvalue weighted by Crippen LogP contribution is 2.48. The van der Waals surface area contributed by atoms with Crippen molar-refractivity contribution >= 4 is 40.3 Å². The largest absolute Gasteiger partial charge is 0.479 e. The van der Waals surface area contributed by atoms with Crippen molar-refractivity contribution in [1.29, 1.82) is 0 Å². The van der Waals surface area contributed by atoms with Crippen molar-refractivity contribution in [2.45, 2.75) is 65.8 Å². The Morgan fingerprint density at radius 1 is 1.17 bits per heavy atom. The Hall–Kier alpha value is -3.03. The van der Waals surface area contributed by atoms with Gasteiger partial charge in [-0.1, -0.05) is 23.7 Å². The summed E-state index contributed by atoms with van der Waals surface area (Å²) in [6.45, 7) is 11.9. The highest BCUT2D eigenvalue weighted by Gasteiger charge is 2.39. The highest BCUT2D eigenvalue weighted by atomic mass is 35.5. The third-order valence-electron chi connectivity index (χ3n) is 6.42. The highest BCUT2D eigenvalue weighted by molar-refractivity contribution is 6.30. The first-order valence-electron chi connectivity index (χ1n) is 11.6. The van der Waals surface area contributed by atoms with E-state index in [1.165, 1.54) is 7.11 Å². The molecule has 3 aromatic rings. The molecule has 2 atom stereocenters. The van der Waals surface area contributed by atoms with Crippen LogP contribution >= 0.6 is 11.6 Å². The number of carboxylic acid groups (broad SMARTS) is 1. The van der Waals surface area contributed by atoms with Gasteiger partial charge in [0, 0.05) is 28.2 Å². The average molecular weight is 499 g/mol. The number of amides is 1. The van der Waals surface area contributed by atoms with Crippen LogP contribution in [0.2, 0.25) is 5.02 Å². The maximum absolute atomic E-state index is 13.0. The minimum atomic E-state index is -1.26. The van der Waals surface area contributed by atoms with Crippen LogP contribution in [0.15, 0.2) is 30.3 Å². The molecule has 35 heavy (non-hydrogen) atoms. The summed E-state index contributed by atoms with van der Waals surface area (Å²) in [7, 11) is 1.35. The zero-order valence-corrected chi connectivity index (χ0v) is 21.9. The predicted octanol–water partition coefficient (Wildman–Crippen LogP) is 6.49. The quantitative estimate of drug-likeness (QED) is 0.444. The molecule has 186 valence electrons. The van der Waals surface area contributed by atoms with Crippen LogP contribution in [0.3, 0.4) is 0 Å². The summed E-state index contributed by atoms with van der Waals surface area (Å²) < 4.78 is 13.5. The maximum Gasteiger partial charge on any atom is 0.414 e. The Balaban J connectivity index is 2.19. The monoisotopic (exact) mass is 498 g/mol. The molecule has 4 rings (SSSR count). The van der Waals surface area contributed by atoms with Crippen LogP contribution < -0.4 is 4.90 Å². The van der Waals surface area contributed by atoms with E-state index < -0.39 is 23.8 Å². The number of aryl methyl sites for hydroxylation is 1. The Morgan fingerprint density at radius 3 is 2.34 bits per heavy atom. The minimum Gasteiger partial charge on any atom is -0.479 e. The second-order valence-corrected chi connectivity index (χ2v) is 10.5. The van der Waals surface area contributed by atoms with E-state index in [2.05, 4.69) is 10.6 Å². The van der Waals surface area contributed by atoms with Gasteiger partial charge >= 0.3 is 12.1 Å². The van der Waals surface area contributed by atoms with Gasteiger partial charge in [-0.2, -0.15) is 0 Å². The molecule has 0 bridgehead atoms. The lowest BCUT2D eigenvalue weighted by Crippen LogP contribution is -2.44. The van der Waals surface area contributed by atoms with Crippen molar-refractivity contribution in [3.05, 3.63) is 52.2 Å². The zero-order chi connectivity index (χ0) is 25.8. The first-order valence-corrected chi connectivity index (χ1v) is 11.9. The molecule has 7 nitrogen and oxygen atoms in total. The van der Waals surface area contributed by atoms with Crippen molar-refractivity contribution in [2.75, 3.05) is 12.0 Å². The third-order valence-corrected chi connectivity index (χ3v) is 6.67. The summed E-state index contributed by atoms with van der Waals surface area (Å²) in [5, 5.41) is 11.8. The van der Waals surface area contributed by atoms with Gasteiger partial charge in [-0.15, -0.1) is 0 Å². The number of ether oxygens (including phenoxy) is 2. The fourth-order valence-electron chi connectivity index (χ4n) is 5.07. The number of carboxylic acids is 1. The third kappa shape index (κ3) is 4.28. The predicted molar refractivity (Wildman–Crippen MR) is 137 cm³/mol. The van der Waals surface area contributed by atoms with Crippen LogP contribution in [-0.4, -0.2) is 40.5 Å². The fourth-order valence-corrected chi connectivity index (χ4v) is 5.19. The Morgan fingerprint density at radius 2 is 1.80 bits per heavy atom. The molecule has 0 aliphatic carbocycles. The molecule has 1 amide bonds. The van der Waals surface area contributed by atoms with Crippen LogP contribution in [0.4, 0.5) is 10.5 Å². The molecule has 0 spiro atoms. The van der Waals surface area contributed by atoms with Gasteiger partial charge in [-0.25, -0.2) is 9.59 Å². The number of rotatable bonds is 4. The van der Waals surface area contributed by atoms with Crippen LogP contribution in [0.1, 0.15) is 50.6 Å². The SMILES string of the molecule is COC(=O)N1c2c(C)c([C@H](OC(C)(C)C)C(=O)O)c(-c3ccc(Cl)cc3)c3cc(C)n(c23)C[C@@H]1C. The molecule has 2 aromatic carbocycles. The van der Waals surface area contributed by atoms with E-state index in [-0.39, 0.29) is 6.04 Å². The van der Waals surface area contributed by atoms with E-state index in [1.54, 1.807) is 17.0 Å². The summed E-state index contributed by atoms with van der Waals surface area (Å²) in [5.74, 6) is -1.10. The van der Waals surface area contributed by atoms with Crippen molar-refractivity contribution in [1.82, 2.24) is 4.57 Å². The number of carbonyl (C=O) groups excluding carboxylic acids is 1. The molecule has 0 saturated heterocycles. The first-order chi connectivity index (χ1) is 16.4. The summed E-state index contributed by atoms with van der Waals surface area (Å²) in [4.78, 5) is 27.3. The van der Waals surface area contributed by atoms with E-state index >= 15 is 0 Å². The number of halogens is 1. The second kappa shape index (κ2) is 8.88. The standard InChI is InChI=1S/C27H31ClN2O5/c1-14-12-19-21(17-8-10-18(28)11-9-17)20(24(25(31)32)35-27(4,5)6)16(3)22-23(19)29(14)13-15(2)30(22)26(33)34-7/h8-12,15,24H,13H2,1-7H3,(H,31,32)/t15-,24-/m0/s1. The van der Waals surface area contributed by atoms with Crippen LogP contribution in [0, 0.1) is 13.8 Å². The first kappa shape index (κ1) is 25.1. The fraction of sp³-hybridized carbons (Fsp3) is 0.407. The van der Waals surface area contributed by atoms with Gasteiger partial charge in [0.15, 0.2) is 6.10 Å². The maximum atomic E-state index is 13.0. The molecule has 0 saturated carbocycles. The Labute approximate surface area is 210 Å². The summed E-state index contributed by atoms with van der Waals surface area (Å²) in [6.07, 6.45) is -1.75. The molecular formula is C27H31ClN2O5. The van der Waals surface area contributed by atoms with Crippen molar-refractivity contribution in [2.24, 2.45) is 0 Å². The smallest absolute Gasteiger partial charge is 0.414 e. The number of aliphatic carboxylic acids is 1. The lowest BCUT2D eigenvalue weighted by molar-refractivity contribution is -0.160. The van der Waals surface area contributed by atoms with E-state index in [0.29, 0.717) is 28.4 Å². The molecule has 2 heterocycles. The molecule has 1 aliphatic heterocycles. The number of aromatic nitrogens is 1. The lowest BCUT2D eigenvalue weighted by Gasteiger charge is -2.37. The van der Waals surface area contributed by atoms with Gasteiger partial charge in [-0.3, -0.25) is 4.90 Å². The van der Waals surface area contributed by atoms with Crippen LogP contribution in [0.25, 0.3) is 22.0 Å². The summed E-state index contributed by atoms with van der Waals surface area (Å²) in [6, 6.07) is 9.20. The Kier molecular flexibility index (Phi) is 6.36. The molecule has 1 aliphatic rings. The lowest BCUT2D eigenvalue weighted by atomic mass is 9.87. The average Bonchev–Trinajstić information content (AvgIpc) is 3.09. The van der Waals surface area contributed by atoms with Gasteiger partial charge in [0.05, 0.1) is 30.0 Å². The molecular weight excluding hydrogens is 468 g/mol. The number of hydrogen-bond acceptors (Lipinski definition) is 4. The normalized spacial score (nSPS) is 16.5. The molecule has 0 unspecified atom stereocenters. The van der Waals surface area contributed by atoms with Crippen molar-refractivity contribution in [3.63, 3.8) is 0 Å². The molecule has 0 fully saturated rings. The summed E-state index contributed by atoms with van der Waals surface area (Å²) in [5.41, 5.74) is 4.57. The van der Waals surface area contributed by atoms with Gasteiger partial charge in [0.25, 0.3) is 0 Å². The van der Waals surface area contributed by atoms with Crippen LogP contribution in [-0.2, 0) is 20.8 Å². The second-order valence-electron chi connectivity index (χ2n) is 10.1. The van der Waals surface area contributed by atoms with E-state index in [0.717, 1.165) is 27.7 Å². The van der Waals surface area contributed by atoms with Gasteiger partial charge < -0.3 is 19.1 Å². The summed E-state index contributed by atoms with van der Waals surface area (Å²) >= 11 is 6.18. The number of carbonyl (C=O) groups is 2. The number of methoxy groups -OCH3 is 1. The van der Waals surface area contributed by atoms with Crippen LogP contribution in [0.5, 0.6) is 0 Å². The van der Waals surface area contributed by atoms with Gasteiger partial charge in [-0.05, 0) is 76.4 Å². The number of benzene rings is 2. The topological polar surface area (TPSA) is 81.0 Å². The van der Waals surface area contributed by atoms with E-state index in [4.69, 9.17) is 21.1 Å². The molecule has 1 aromatic heterocycles. The molecule has 8 heteroatoms. The van der Waals surface area contributed by atoms with E-state index in [1.807, 2.05) is 53.7 Å². The van der Waals surface area contributed by atoms with E-state index in [9.17, 15) is 14.7 Å². The molecule has 0 radical (unpaired) electrons. The van der Waals surface area contributed by atoms with Gasteiger partial charge in [0.1, 0.15) is 0 Å². The van der Waals surface area contributed by atoms with Crippen molar-refractivity contribution < 1.29 is 24.2 Å².